The molecule has 0 amide bonds. The number of carbonyl (C=O) groups is 1. The van der Waals surface area contributed by atoms with E-state index in [4.69, 9.17) is 14.2 Å². The Labute approximate surface area is 84.8 Å². The van der Waals surface area contributed by atoms with Crippen LogP contribution in [0.5, 0.6) is 0 Å². The lowest BCUT2D eigenvalue weighted by Gasteiger charge is -2.14. The first-order valence-electron chi connectivity index (χ1n) is 4.46. The number of methoxy groups -OCH3 is 2. The number of hydrogen-bond donors (Lipinski definition) is 0. The van der Waals surface area contributed by atoms with Gasteiger partial charge in [0.1, 0.15) is 6.61 Å². The van der Waals surface area contributed by atoms with Crippen LogP contribution in [0.1, 0.15) is 13.3 Å². The summed E-state index contributed by atoms with van der Waals surface area (Å²) in [6, 6.07) is 0. The molecule has 0 N–H and O–H groups in total. The van der Waals surface area contributed by atoms with Gasteiger partial charge in [0.15, 0.2) is 0 Å². The highest BCUT2D eigenvalue weighted by Gasteiger charge is 2.10. The standard InChI is InChI=1S/C10H18O4/c1-8(2)10(11)14-7-9(13-4)5-6-12-3/h9H,1,5-7H2,2-4H3. The van der Waals surface area contributed by atoms with E-state index in [1.165, 1.54) is 0 Å². The monoisotopic (exact) mass is 202 g/mol. The van der Waals surface area contributed by atoms with E-state index in [0.717, 1.165) is 0 Å². The molecule has 4 nitrogen and oxygen atoms in total. The Morgan fingerprint density at radius 2 is 2.07 bits per heavy atom. The van der Waals surface area contributed by atoms with Gasteiger partial charge in [-0.3, -0.25) is 0 Å². The molecule has 0 spiro atoms. The SMILES string of the molecule is C=C(C)C(=O)OCC(CCOC)OC. The maximum atomic E-state index is 11.0. The van der Waals surface area contributed by atoms with Crippen LogP contribution in [0.25, 0.3) is 0 Å². The second-order valence-electron chi connectivity index (χ2n) is 3.02. The van der Waals surface area contributed by atoms with Gasteiger partial charge in [0.2, 0.25) is 0 Å². The van der Waals surface area contributed by atoms with Crippen LogP contribution < -0.4 is 0 Å². The summed E-state index contributed by atoms with van der Waals surface area (Å²) >= 11 is 0. The largest absolute Gasteiger partial charge is 0.460 e. The second kappa shape index (κ2) is 7.53. The van der Waals surface area contributed by atoms with E-state index < -0.39 is 0 Å². The van der Waals surface area contributed by atoms with Crippen LogP contribution in [0, 0.1) is 0 Å². The maximum absolute atomic E-state index is 11.0. The van der Waals surface area contributed by atoms with Gasteiger partial charge >= 0.3 is 5.97 Å². The Bertz CT molecular complexity index is 189. The van der Waals surface area contributed by atoms with Gasteiger partial charge in [-0.05, 0) is 6.92 Å². The lowest BCUT2D eigenvalue weighted by Crippen LogP contribution is -2.22. The summed E-state index contributed by atoms with van der Waals surface area (Å²) < 4.78 is 14.9. The van der Waals surface area contributed by atoms with Crippen LogP contribution in [0.3, 0.4) is 0 Å². The summed E-state index contributed by atoms with van der Waals surface area (Å²) in [5.74, 6) is -0.385. The lowest BCUT2D eigenvalue weighted by molar-refractivity contribution is -0.142. The lowest BCUT2D eigenvalue weighted by atomic mass is 10.3. The Hall–Kier alpha value is -0.870. The summed E-state index contributed by atoms with van der Waals surface area (Å²) in [5.41, 5.74) is 0.395. The molecule has 0 radical (unpaired) electrons. The van der Waals surface area contributed by atoms with Gasteiger partial charge in [-0.2, -0.15) is 0 Å². The van der Waals surface area contributed by atoms with Crippen molar-refractivity contribution < 1.29 is 19.0 Å². The molecule has 4 heteroatoms. The van der Waals surface area contributed by atoms with Crippen molar-refractivity contribution >= 4 is 5.97 Å². The number of esters is 1. The number of carbonyl (C=O) groups excluding carboxylic acids is 1. The van der Waals surface area contributed by atoms with E-state index in [1.54, 1.807) is 21.1 Å². The molecular formula is C10H18O4. The van der Waals surface area contributed by atoms with Gasteiger partial charge in [-0.15, -0.1) is 0 Å². The van der Waals surface area contributed by atoms with Gasteiger partial charge < -0.3 is 14.2 Å². The highest BCUT2D eigenvalue weighted by Crippen LogP contribution is 2.00. The van der Waals surface area contributed by atoms with Crippen LogP contribution in [-0.2, 0) is 19.0 Å². The van der Waals surface area contributed by atoms with Crippen molar-refractivity contribution in [2.75, 3.05) is 27.4 Å². The molecule has 0 heterocycles. The van der Waals surface area contributed by atoms with Crippen LogP contribution in [-0.4, -0.2) is 39.5 Å². The highest BCUT2D eigenvalue weighted by molar-refractivity contribution is 5.86. The maximum Gasteiger partial charge on any atom is 0.333 e. The van der Waals surface area contributed by atoms with E-state index in [2.05, 4.69) is 6.58 Å². The third-order valence-electron chi connectivity index (χ3n) is 1.73. The summed E-state index contributed by atoms with van der Waals surface area (Å²) in [6.07, 6.45) is 0.592. The zero-order valence-corrected chi connectivity index (χ0v) is 9.04. The van der Waals surface area contributed by atoms with Crippen molar-refractivity contribution in [3.63, 3.8) is 0 Å². The van der Waals surface area contributed by atoms with Gasteiger partial charge in [-0.1, -0.05) is 6.58 Å². The Kier molecular flexibility index (Phi) is 7.06. The fourth-order valence-corrected chi connectivity index (χ4v) is 0.810. The van der Waals surface area contributed by atoms with E-state index in [-0.39, 0.29) is 18.7 Å². The zero-order chi connectivity index (χ0) is 11.0. The number of ether oxygens (including phenoxy) is 3. The summed E-state index contributed by atoms with van der Waals surface area (Å²) in [7, 11) is 3.20. The van der Waals surface area contributed by atoms with Crippen LogP contribution in [0.4, 0.5) is 0 Å². The topological polar surface area (TPSA) is 44.8 Å². The first-order chi connectivity index (χ1) is 6.61. The van der Waals surface area contributed by atoms with Crippen molar-refractivity contribution in [3.8, 4) is 0 Å². The van der Waals surface area contributed by atoms with Crippen molar-refractivity contribution in [2.45, 2.75) is 19.4 Å². The molecule has 1 atom stereocenters. The zero-order valence-electron chi connectivity index (χ0n) is 9.04. The first-order valence-corrected chi connectivity index (χ1v) is 4.46. The van der Waals surface area contributed by atoms with E-state index in [1.807, 2.05) is 0 Å². The Morgan fingerprint density at radius 1 is 1.43 bits per heavy atom. The van der Waals surface area contributed by atoms with Gasteiger partial charge in [0.25, 0.3) is 0 Å². The fourth-order valence-electron chi connectivity index (χ4n) is 0.810. The summed E-state index contributed by atoms with van der Waals surface area (Å²) in [4.78, 5) is 11.0. The van der Waals surface area contributed by atoms with Gasteiger partial charge in [-0.25, -0.2) is 4.79 Å². The van der Waals surface area contributed by atoms with Gasteiger partial charge in [0, 0.05) is 32.8 Å². The predicted molar refractivity (Wildman–Crippen MR) is 53.1 cm³/mol. The minimum Gasteiger partial charge on any atom is -0.460 e. The number of rotatable bonds is 7. The van der Waals surface area contributed by atoms with Crippen molar-refractivity contribution in [2.24, 2.45) is 0 Å². The van der Waals surface area contributed by atoms with Crippen LogP contribution in [0.2, 0.25) is 0 Å². The third-order valence-corrected chi connectivity index (χ3v) is 1.73. The molecule has 0 aromatic rings. The molecule has 0 aliphatic heterocycles. The summed E-state index contributed by atoms with van der Waals surface area (Å²) in [6.45, 7) is 5.92. The molecule has 0 rings (SSSR count). The van der Waals surface area contributed by atoms with E-state index >= 15 is 0 Å². The molecule has 0 bridgehead atoms. The molecule has 0 aliphatic carbocycles. The molecule has 0 aromatic carbocycles. The van der Waals surface area contributed by atoms with Gasteiger partial charge in [0.05, 0.1) is 6.10 Å². The van der Waals surface area contributed by atoms with Crippen molar-refractivity contribution in [3.05, 3.63) is 12.2 Å². The molecular weight excluding hydrogens is 184 g/mol. The van der Waals surface area contributed by atoms with Crippen molar-refractivity contribution in [1.29, 1.82) is 0 Å². The average molecular weight is 202 g/mol. The number of hydrogen-bond acceptors (Lipinski definition) is 4. The van der Waals surface area contributed by atoms with Crippen molar-refractivity contribution in [1.82, 2.24) is 0 Å². The second-order valence-corrected chi connectivity index (χ2v) is 3.02. The summed E-state index contributed by atoms with van der Waals surface area (Å²) in [5, 5.41) is 0. The molecule has 0 fully saturated rings. The molecule has 0 aromatic heterocycles. The van der Waals surface area contributed by atoms with E-state index in [9.17, 15) is 4.79 Å². The third kappa shape index (κ3) is 5.72. The fraction of sp³-hybridized carbons (Fsp3) is 0.700. The van der Waals surface area contributed by atoms with E-state index in [0.29, 0.717) is 18.6 Å². The smallest absolute Gasteiger partial charge is 0.333 e. The Balaban J connectivity index is 3.71. The highest BCUT2D eigenvalue weighted by atomic mass is 16.6. The average Bonchev–Trinajstić information content (AvgIpc) is 2.17. The first kappa shape index (κ1) is 13.1. The molecule has 82 valence electrons. The molecule has 14 heavy (non-hydrogen) atoms. The quantitative estimate of drug-likeness (QED) is 0.459. The minimum absolute atomic E-state index is 0.113. The molecule has 1 unspecified atom stereocenters. The Morgan fingerprint density at radius 3 is 2.50 bits per heavy atom. The normalized spacial score (nSPS) is 12.2. The van der Waals surface area contributed by atoms with Crippen LogP contribution >= 0.6 is 0 Å². The predicted octanol–water partition coefficient (Wildman–Crippen LogP) is 1.16. The van der Waals surface area contributed by atoms with Crippen LogP contribution in [0.15, 0.2) is 12.2 Å². The minimum atomic E-state index is -0.385. The molecule has 0 saturated heterocycles. The molecule has 0 aliphatic rings. The molecule has 0 saturated carbocycles.